The Hall–Kier alpha value is -1.22. The summed E-state index contributed by atoms with van der Waals surface area (Å²) in [6.45, 7) is 5.14. The predicted octanol–water partition coefficient (Wildman–Crippen LogP) is 3.22. The van der Waals surface area contributed by atoms with Crippen molar-refractivity contribution < 1.29 is 9.53 Å². The number of alkyl halides is 1. The van der Waals surface area contributed by atoms with Crippen LogP contribution in [0, 0.1) is 0 Å². The second-order valence-corrected chi connectivity index (χ2v) is 4.96. The summed E-state index contributed by atoms with van der Waals surface area (Å²) in [5, 5.41) is 2.69. The number of carbonyl (C=O) groups excluding carboxylic acids is 1. The molecule has 0 fully saturated rings. The third kappa shape index (κ3) is 5.41. The van der Waals surface area contributed by atoms with E-state index in [-0.39, 0.29) is 11.3 Å². The Kier molecular flexibility index (Phi) is 6.58. The maximum atomic E-state index is 11.7. The lowest BCUT2D eigenvalue weighted by Gasteiger charge is -2.08. The van der Waals surface area contributed by atoms with Crippen molar-refractivity contribution in [3.8, 4) is 5.75 Å². The van der Waals surface area contributed by atoms with Gasteiger partial charge in [0.25, 0.3) is 5.91 Å². The number of hydrogen-bond donors (Lipinski definition) is 1. The first-order valence-electron chi connectivity index (χ1n) is 6.28. The Labute approximate surface area is 113 Å². The molecule has 0 radical (unpaired) electrons. The van der Waals surface area contributed by atoms with Crippen molar-refractivity contribution in [2.45, 2.75) is 32.1 Å². The molecule has 4 heteroatoms. The number of benzene rings is 1. The lowest BCUT2D eigenvalue weighted by atomic mass is 10.2. The average Bonchev–Trinajstić information content (AvgIpc) is 2.37. The molecule has 1 N–H and O–H groups in total. The topological polar surface area (TPSA) is 38.3 Å². The van der Waals surface area contributed by atoms with Gasteiger partial charge >= 0.3 is 0 Å². The van der Waals surface area contributed by atoms with Crippen molar-refractivity contribution in [3.05, 3.63) is 29.8 Å². The van der Waals surface area contributed by atoms with Gasteiger partial charge in [0, 0.05) is 17.5 Å². The van der Waals surface area contributed by atoms with Crippen molar-refractivity contribution in [2.24, 2.45) is 0 Å². The van der Waals surface area contributed by atoms with E-state index in [9.17, 15) is 4.79 Å². The zero-order valence-electron chi connectivity index (χ0n) is 10.9. The van der Waals surface area contributed by atoms with Gasteiger partial charge in [-0.1, -0.05) is 13.3 Å². The molecule has 0 bridgehead atoms. The van der Waals surface area contributed by atoms with Gasteiger partial charge in [-0.25, -0.2) is 0 Å². The van der Waals surface area contributed by atoms with Gasteiger partial charge in [0.05, 0.1) is 6.61 Å². The Morgan fingerprint density at radius 2 is 2.06 bits per heavy atom. The summed E-state index contributed by atoms with van der Waals surface area (Å²) in [7, 11) is 0. The quantitative estimate of drug-likeness (QED) is 0.610. The van der Waals surface area contributed by atoms with Crippen LogP contribution in [0.5, 0.6) is 5.75 Å². The molecule has 1 unspecified atom stereocenters. The van der Waals surface area contributed by atoms with Gasteiger partial charge in [-0.2, -0.15) is 0 Å². The van der Waals surface area contributed by atoms with Gasteiger partial charge in [-0.15, -0.1) is 11.6 Å². The zero-order valence-corrected chi connectivity index (χ0v) is 11.7. The highest BCUT2D eigenvalue weighted by Crippen LogP contribution is 2.12. The number of amides is 1. The number of hydrogen-bond acceptors (Lipinski definition) is 2. The van der Waals surface area contributed by atoms with Crippen molar-refractivity contribution in [1.29, 1.82) is 0 Å². The number of carbonyl (C=O) groups is 1. The standard InChI is InChI=1S/C14H20ClNO2/c1-3-4-9-18-13-7-5-12(6-8-13)14(17)16-10-11(2)15/h5-8,11H,3-4,9-10H2,1-2H3,(H,16,17). The van der Waals surface area contributed by atoms with E-state index in [1.54, 1.807) is 12.1 Å². The molecule has 1 rings (SSSR count). The summed E-state index contributed by atoms with van der Waals surface area (Å²) in [4.78, 5) is 11.7. The van der Waals surface area contributed by atoms with Crippen molar-refractivity contribution >= 4 is 17.5 Å². The molecule has 1 atom stereocenters. The third-order valence-electron chi connectivity index (χ3n) is 2.43. The van der Waals surface area contributed by atoms with Crippen LogP contribution in [0.25, 0.3) is 0 Å². The van der Waals surface area contributed by atoms with Crippen molar-refractivity contribution in [2.75, 3.05) is 13.2 Å². The molecular formula is C14H20ClNO2. The summed E-state index contributed by atoms with van der Waals surface area (Å²) in [5.41, 5.74) is 0.621. The molecule has 0 aliphatic carbocycles. The van der Waals surface area contributed by atoms with Crippen LogP contribution in [0.2, 0.25) is 0 Å². The summed E-state index contributed by atoms with van der Waals surface area (Å²) in [6, 6.07) is 7.15. The number of rotatable bonds is 7. The fourth-order valence-electron chi connectivity index (χ4n) is 1.37. The van der Waals surface area contributed by atoms with Gasteiger partial charge in [0.15, 0.2) is 0 Å². The van der Waals surface area contributed by atoms with Crippen molar-refractivity contribution in [3.63, 3.8) is 0 Å². The highest BCUT2D eigenvalue weighted by atomic mass is 35.5. The van der Waals surface area contributed by atoms with E-state index >= 15 is 0 Å². The maximum absolute atomic E-state index is 11.7. The first-order chi connectivity index (χ1) is 8.63. The lowest BCUT2D eigenvalue weighted by molar-refractivity contribution is 0.0954. The Bertz CT molecular complexity index is 363. The fraction of sp³-hybridized carbons (Fsp3) is 0.500. The summed E-state index contributed by atoms with van der Waals surface area (Å²) in [6.07, 6.45) is 2.15. The molecule has 1 aromatic carbocycles. The molecule has 1 aromatic rings. The van der Waals surface area contributed by atoms with E-state index in [2.05, 4.69) is 12.2 Å². The van der Waals surface area contributed by atoms with Gasteiger partial charge < -0.3 is 10.1 Å². The van der Waals surface area contributed by atoms with Crippen LogP contribution in [-0.2, 0) is 0 Å². The van der Waals surface area contributed by atoms with Gasteiger partial charge in [-0.3, -0.25) is 4.79 Å². The second kappa shape index (κ2) is 7.98. The zero-order chi connectivity index (χ0) is 13.4. The van der Waals surface area contributed by atoms with Crippen LogP contribution in [0.15, 0.2) is 24.3 Å². The van der Waals surface area contributed by atoms with E-state index in [0.29, 0.717) is 18.7 Å². The number of nitrogens with one attached hydrogen (secondary N) is 1. The van der Waals surface area contributed by atoms with E-state index in [0.717, 1.165) is 18.6 Å². The summed E-state index contributed by atoms with van der Waals surface area (Å²) < 4.78 is 5.53. The largest absolute Gasteiger partial charge is 0.494 e. The van der Waals surface area contributed by atoms with Crippen LogP contribution in [0.3, 0.4) is 0 Å². The first-order valence-corrected chi connectivity index (χ1v) is 6.72. The average molecular weight is 270 g/mol. The van der Waals surface area contributed by atoms with Crippen LogP contribution in [0.4, 0.5) is 0 Å². The molecule has 0 heterocycles. The minimum absolute atomic E-state index is 0.0643. The molecule has 0 aromatic heterocycles. The van der Waals surface area contributed by atoms with Crippen LogP contribution < -0.4 is 10.1 Å². The van der Waals surface area contributed by atoms with Gasteiger partial charge in [0.1, 0.15) is 5.75 Å². The molecule has 100 valence electrons. The van der Waals surface area contributed by atoms with E-state index < -0.39 is 0 Å². The fourth-order valence-corrected chi connectivity index (χ4v) is 1.45. The SMILES string of the molecule is CCCCOc1ccc(C(=O)NCC(C)Cl)cc1. The summed E-state index contributed by atoms with van der Waals surface area (Å²) in [5.74, 6) is 0.688. The molecule has 18 heavy (non-hydrogen) atoms. The number of halogens is 1. The molecule has 0 spiro atoms. The Morgan fingerprint density at radius 3 is 2.61 bits per heavy atom. The normalized spacial score (nSPS) is 11.9. The van der Waals surface area contributed by atoms with Crippen molar-refractivity contribution in [1.82, 2.24) is 5.32 Å². The third-order valence-corrected chi connectivity index (χ3v) is 2.58. The van der Waals surface area contributed by atoms with Crippen LogP contribution in [-0.4, -0.2) is 24.4 Å². The lowest BCUT2D eigenvalue weighted by Crippen LogP contribution is -2.28. The monoisotopic (exact) mass is 269 g/mol. The number of ether oxygens (including phenoxy) is 1. The minimum atomic E-state index is -0.109. The molecule has 0 saturated heterocycles. The smallest absolute Gasteiger partial charge is 0.251 e. The van der Waals surface area contributed by atoms with E-state index in [4.69, 9.17) is 16.3 Å². The molecule has 0 aliphatic rings. The minimum Gasteiger partial charge on any atom is -0.494 e. The Morgan fingerprint density at radius 1 is 1.39 bits per heavy atom. The van der Waals surface area contributed by atoms with E-state index in [1.165, 1.54) is 0 Å². The van der Waals surface area contributed by atoms with Crippen LogP contribution >= 0.6 is 11.6 Å². The maximum Gasteiger partial charge on any atom is 0.251 e. The highest BCUT2D eigenvalue weighted by Gasteiger charge is 2.06. The highest BCUT2D eigenvalue weighted by molar-refractivity contribution is 6.20. The molecule has 3 nitrogen and oxygen atoms in total. The van der Waals surface area contributed by atoms with E-state index in [1.807, 2.05) is 19.1 Å². The van der Waals surface area contributed by atoms with Crippen LogP contribution in [0.1, 0.15) is 37.0 Å². The summed E-state index contributed by atoms with van der Waals surface area (Å²) >= 11 is 5.77. The first kappa shape index (κ1) is 14.8. The second-order valence-electron chi connectivity index (χ2n) is 4.22. The molecule has 0 saturated carbocycles. The predicted molar refractivity (Wildman–Crippen MR) is 74.5 cm³/mol. The number of unbranched alkanes of at least 4 members (excludes halogenated alkanes) is 1. The van der Waals surface area contributed by atoms with Gasteiger partial charge in [0.2, 0.25) is 0 Å². The molecule has 1 amide bonds. The molecular weight excluding hydrogens is 250 g/mol. The Balaban J connectivity index is 2.46. The molecule has 0 aliphatic heterocycles. The van der Waals surface area contributed by atoms with Gasteiger partial charge in [-0.05, 0) is 37.6 Å².